The van der Waals surface area contributed by atoms with Crippen molar-refractivity contribution in [1.82, 2.24) is 10.2 Å². The summed E-state index contributed by atoms with van der Waals surface area (Å²) in [6.45, 7) is 3.20. The molecule has 1 heterocycles. The smallest absolute Gasteiger partial charge is 0.348 e. The highest BCUT2D eigenvalue weighted by Crippen LogP contribution is 2.29. The predicted octanol–water partition coefficient (Wildman–Crippen LogP) is 4.23. The van der Waals surface area contributed by atoms with Gasteiger partial charge in [-0.2, -0.15) is 13.2 Å². The molecule has 0 radical (unpaired) electrons. The number of likely N-dealkylation sites (tertiary alicyclic amines) is 1. The zero-order valence-electron chi connectivity index (χ0n) is 14.4. The van der Waals surface area contributed by atoms with E-state index < -0.39 is 11.7 Å². The summed E-state index contributed by atoms with van der Waals surface area (Å²) < 4.78 is 37.7. The summed E-state index contributed by atoms with van der Waals surface area (Å²) in [7, 11) is 0. The summed E-state index contributed by atoms with van der Waals surface area (Å²) in [5, 5.41) is 2.76. The molecule has 0 bridgehead atoms. The second-order valence-corrected chi connectivity index (χ2v) is 6.56. The first kappa shape index (κ1) is 18.5. The summed E-state index contributed by atoms with van der Waals surface area (Å²) in [5.74, 6) is -0.229. The van der Waals surface area contributed by atoms with Crippen molar-refractivity contribution in [1.29, 1.82) is 0 Å². The zero-order chi connectivity index (χ0) is 18.6. The number of benzene rings is 2. The Morgan fingerprint density at radius 2 is 1.69 bits per heavy atom. The van der Waals surface area contributed by atoms with Crippen LogP contribution in [0.3, 0.4) is 0 Å². The number of halogens is 3. The highest BCUT2D eigenvalue weighted by atomic mass is 19.4. The van der Waals surface area contributed by atoms with Crippen molar-refractivity contribution in [2.24, 2.45) is 0 Å². The lowest BCUT2D eigenvalue weighted by Gasteiger charge is -2.15. The van der Waals surface area contributed by atoms with Gasteiger partial charge < -0.3 is 5.32 Å². The molecule has 0 saturated carbocycles. The van der Waals surface area contributed by atoms with Gasteiger partial charge in [-0.15, -0.1) is 0 Å². The van der Waals surface area contributed by atoms with Crippen molar-refractivity contribution in [3.05, 3.63) is 70.8 Å². The maximum absolute atomic E-state index is 12.6. The minimum atomic E-state index is -4.35. The van der Waals surface area contributed by atoms with Gasteiger partial charge in [-0.1, -0.05) is 24.3 Å². The lowest BCUT2D eigenvalue weighted by Crippen LogP contribution is -2.23. The SMILES string of the molecule is O=C(NCc1ccc(C(F)(F)F)cc1)c1cccc(CN2CCCC2)c1. The van der Waals surface area contributed by atoms with Gasteiger partial charge in [0.15, 0.2) is 0 Å². The highest BCUT2D eigenvalue weighted by molar-refractivity contribution is 5.94. The van der Waals surface area contributed by atoms with Crippen LogP contribution >= 0.6 is 0 Å². The molecule has 1 N–H and O–H groups in total. The molecule has 1 amide bonds. The second-order valence-electron chi connectivity index (χ2n) is 6.56. The van der Waals surface area contributed by atoms with E-state index >= 15 is 0 Å². The van der Waals surface area contributed by atoms with E-state index in [1.54, 1.807) is 6.07 Å². The number of alkyl halides is 3. The molecular weight excluding hydrogens is 341 g/mol. The Bertz CT molecular complexity index is 750. The van der Waals surface area contributed by atoms with Gasteiger partial charge in [-0.25, -0.2) is 0 Å². The van der Waals surface area contributed by atoms with Crippen LogP contribution in [0.25, 0.3) is 0 Å². The summed E-state index contributed by atoms with van der Waals surface area (Å²) in [5.41, 5.74) is 1.59. The van der Waals surface area contributed by atoms with Crippen LogP contribution in [0.1, 0.15) is 39.9 Å². The summed E-state index contributed by atoms with van der Waals surface area (Å²) >= 11 is 0. The maximum Gasteiger partial charge on any atom is 0.416 e. The average molecular weight is 362 g/mol. The van der Waals surface area contributed by atoms with Crippen molar-refractivity contribution >= 4 is 5.91 Å². The van der Waals surface area contributed by atoms with Crippen LogP contribution in [-0.4, -0.2) is 23.9 Å². The van der Waals surface area contributed by atoms with E-state index in [1.165, 1.54) is 25.0 Å². The first-order valence-corrected chi connectivity index (χ1v) is 8.67. The van der Waals surface area contributed by atoms with Crippen molar-refractivity contribution in [3.63, 3.8) is 0 Å². The summed E-state index contributed by atoms with van der Waals surface area (Å²) in [4.78, 5) is 14.7. The molecule has 2 aromatic rings. The van der Waals surface area contributed by atoms with Crippen molar-refractivity contribution in [2.45, 2.75) is 32.1 Å². The molecule has 1 saturated heterocycles. The minimum absolute atomic E-state index is 0.188. The van der Waals surface area contributed by atoms with Crippen molar-refractivity contribution < 1.29 is 18.0 Å². The summed E-state index contributed by atoms with van der Waals surface area (Å²) in [6, 6.07) is 12.3. The van der Waals surface area contributed by atoms with E-state index in [2.05, 4.69) is 10.2 Å². The second kappa shape index (κ2) is 7.91. The predicted molar refractivity (Wildman–Crippen MR) is 93.6 cm³/mol. The number of amides is 1. The molecule has 6 heteroatoms. The molecule has 1 fully saturated rings. The van der Waals surface area contributed by atoms with Gasteiger partial charge in [0.2, 0.25) is 0 Å². The molecule has 0 spiro atoms. The molecule has 3 nitrogen and oxygen atoms in total. The third-order valence-corrected chi connectivity index (χ3v) is 4.53. The van der Waals surface area contributed by atoms with E-state index in [1.807, 2.05) is 18.2 Å². The number of hydrogen-bond donors (Lipinski definition) is 1. The summed E-state index contributed by atoms with van der Waals surface area (Å²) in [6.07, 6.45) is -1.92. The van der Waals surface area contributed by atoms with Crippen LogP contribution in [-0.2, 0) is 19.3 Å². The molecule has 0 atom stereocenters. The molecule has 0 aromatic heterocycles. The Labute approximate surface area is 150 Å². The highest BCUT2D eigenvalue weighted by Gasteiger charge is 2.29. The normalized spacial score (nSPS) is 15.2. The third kappa shape index (κ3) is 4.85. The van der Waals surface area contributed by atoms with Gasteiger partial charge in [0, 0.05) is 18.7 Å². The molecular formula is C20H21F3N2O. The van der Waals surface area contributed by atoms with Gasteiger partial charge in [0.05, 0.1) is 5.56 Å². The van der Waals surface area contributed by atoms with Crippen LogP contribution in [0, 0.1) is 0 Å². The molecule has 1 aliphatic heterocycles. The molecule has 1 aliphatic rings. The van der Waals surface area contributed by atoms with E-state index in [9.17, 15) is 18.0 Å². The fourth-order valence-electron chi connectivity index (χ4n) is 3.11. The molecule has 26 heavy (non-hydrogen) atoms. The number of carbonyl (C=O) groups excluding carboxylic acids is 1. The van der Waals surface area contributed by atoms with Gasteiger partial charge in [0.1, 0.15) is 0 Å². The van der Waals surface area contributed by atoms with Crippen LogP contribution < -0.4 is 5.32 Å². The number of nitrogens with one attached hydrogen (secondary N) is 1. The van der Waals surface area contributed by atoms with Crippen LogP contribution in [0.15, 0.2) is 48.5 Å². The average Bonchev–Trinajstić information content (AvgIpc) is 3.12. The van der Waals surface area contributed by atoms with Crippen molar-refractivity contribution in [3.8, 4) is 0 Å². The number of nitrogens with zero attached hydrogens (tertiary/aromatic N) is 1. The third-order valence-electron chi connectivity index (χ3n) is 4.53. The van der Waals surface area contributed by atoms with Crippen LogP contribution in [0.4, 0.5) is 13.2 Å². The molecule has 138 valence electrons. The number of rotatable bonds is 5. The molecule has 3 rings (SSSR count). The monoisotopic (exact) mass is 362 g/mol. The van der Waals surface area contributed by atoms with Gasteiger partial charge >= 0.3 is 6.18 Å². The van der Waals surface area contributed by atoms with Crippen LogP contribution in [0.5, 0.6) is 0 Å². The Morgan fingerprint density at radius 1 is 1.00 bits per heavy atom. The number of carbonyl (C=O) groups is 1. The van der Waals surface area contributed by atoms with E-state index in [0.717, 1.165) is 37.3 Å². The minimum Gasteiger partial charge on any atom is -0.348 e. The van der Waals surface area contributed by atoms with E-state index in [-0.39, 0.29) is 12.5 Å². The zero-order valence-corrected chi connectivity index (χ0v) is 14.4. The Hall–Kier alpha value is -2.34. The standard InChI is InChI=1S/C20H21F3N2O/c21-20(22,23)18-8-6-15(7-9-18)13-24-19(26)17-5-3-4-16(12-17)14-25-10-1-2-11-25/h3-9,12H,1-2,10-11,13-14H2,(H,24,26). The first-order chi connectivity index (χ1) is 12.4. The van der Waals surface area contributed by atoms with Crippen LogP contribution in [0.2, 0.25) is 0 Å². The topological polar surface area (TPSA) is 32.3 Å². The lowest BCUT2D eigenvalue weighted by molar-refractivity contribution is -0.137. The largest absolute Gasteiger partial charge is 0.416 e. The molecule has 2 aromatic carbocycles. The van der Waals surface area contributed by atoms with Gasteiger partial charge in [-0.05, 0) is 61.3 Å². The van der Waals surface area contributed by atoms with Gasteiger partial charge in [0.25, 0.3) is 5.91 Å². The quantitative estimate of drug-likeness (QED) is 0.863. The fourth-order valence-corrected chi connectivity index (χ4v) is 3.11. The maximum atomic E-state index is 12.6. The molecule has 0 aliphatic carbocycles. The molecule has 0 unspecified atom stereocenters. The lowest BCUT2D eigenvalue weighted by atomic mass is 10.1. The van der Waals surface area contributed by atoms with E-state index in [4.69, 9.17) is 0 Å². The first-order valence-electron chi connectivity index (χ1n) is 8.67. The van der Waals surface area contributed by atoms with E-state index in [0.29, 0.717) is 11.1 Å². The van der Waals surface area contributed by atoms with Gasteiger partial charge in [-0.3, -0.25) is 9.69 Å². The Morgan fingerprint density at radius 3 is 2.35 bits per heavy atom. The number of hydrogen-bond acceptors (Lipinski definition) is 2. The van der Waals surface area contributed by atoms with Crippen molar-refractivity contribution in [2.75, 3.05) is 13.1 Å². The fraction of sp³-hybridized carbons (Fsp3) is 0.350. The Kier molecular flexibility index (Phi) is 5.61. The Balaban J connectivity index is 1.57.